The number of nitrogens with zero attached hydrogens (tertiary/aromatic N) is 2. The van der Waals surface area contributed by atoms with Gasteiger partial charge in [-0.2, -0.15) is 4.98 Å². The summed E-state index contributed by atoms with van der Waals surface area (Å²) in [6, 6.07) is 2.06. The number of nitrogens with two attached hydrogens (primary N) is 1. The third-order valence-electron chi connectivity index (χ3n) is 2.33. The standard InChI is InChI=1S/C11H19BrN4/c1-3-4-5-6-8(2)14-11-15-9(12)7-10(13)16-11/h7-8H,3-6H2,1-2H3,(H3,13,14,15,16). The molecule has 3 N–H and O–H groups in total. The molecular weight excluding hydrogens is 268 g/mol. The predicted octanol–water partition coefficient (Wildman–Crippen LogP) is 3.20. The van der Waals surface area contributed by atoms with E-state index in [1.165, 1.54) is 19.3 Å². The highest BCUT2D eigenvalue weighted by Crippen LogP contribution is 2.14. The monoisotopic (exact) mass is 286 g/mol. The van der Waals surface area contributed by atoms with E-state index in [2.05, 4.69) is 45.1 Å². The molecule has 0 aliphatic rings. The van der Waals surface area contributed by atoms with Crippen molar-refractivity contribution in [1.82, 2.24) is 9.97 Å². The number of nitrogens with one attached hydrogen (secondary N) is 1. The Bertz CT molecular complexity index is 310. The second-order valence-corrected chi connectivity index (χ2v) is 4.79. The van der Waals surface area contributed by atoms with E-state index in [-0.39, 0.29) is 0 Å². The lowest BCUT2D eigenvalue weighted by Gasteiger charge is -2.13. The molecule has 1 rings (SSSR count). The molecule has 0 aliphatic carbocycles. The summed E-state index contributed by atoms with van der Waals surface area (Å²) in [5.41, 5.74) is 5.64. The van der Waals surface area contributed by atoms with Gasteiger partial charge >= 0.3 is 0 Å². The smallest absolute Gasteiger partial charge is 0.225 e. The van der Waals surface area contributed by atoms with E-state index in [0.29, 0.717) is 22.4 Å². The largest absolute Gasteiger partial charge is 0.383 e. The normalized spacial score (nSPS) is 12.4. The Morgan fingerprint density at radius 2 is 2.19 bits per heavy atom. The van der Waals surface area contributed by atoms with Crippen molar-refractivity contribution in [3.8, 4) is 0 Å². The van der Waals surface area contributed by atoms with Gasteiger partial charge in [0.15, 0.2) is 0 Å². The van der Waals surface area contributed by atoms with Crippen LogP contribution in [-0.2, 0) is 0 Å². The fourth-order valence-corrected chi connectivity index (χ4v) is 1.90. The maximum atomic E-state index is 5.64. The van der Waals surface area contributed by atoms with Crippen molar-refractivity contribution in [2.24, 2.45) is 0 Å². The maximum absolute atomic E-state index is 5.64. The second-order valence-electron chi connectivity index (χ2n) is 3.98. The first-order chi connectivity index (χ1) is 7.61. The molecule has 1 aromatic rings. The molecule has 0 saturated carbocycles. The van der Waals surface area contributed by atoms with Crippen molar-refractivity contribution in [2.45, 2.75) is 45.6 Å². The summed E-state index contributed by atoms with van der Waals surface area (Å²) in [7, 11) is 0. The van der Waals surface area contributed by atoms with E-state index in [4.69, 9.17) is 5.73 Å². The fraction of sp³-hybridized carbons (Fsp3) is 0.636. The zero-order chi connectivity index (χ0) is 12.0. The molecule has 0 radical (unpaired) electrons. The van der Waals surface area contributed by atoms with Gasteiger partial charge in [0, 0.05) is 12.1 Å². The topological polar surface area (TPSA) is 63.8 Å². The van der Waals surface area contributed by atoms with Crippen molar-refractivity contribution in [3.05, 3.63) is 10.7 Å². The third kappa shape index (κ3) is 4.79. The number of anilines is 2. The zero-order valence-corrected chi connectivity index (χ0v) is 11.4. The minimum atomic E-state index is 0.375. The number of halogens is 1. The SMILES string of the molecule is CCCCCC(C)Nc1nc(N)cc(Br)n1. The molecule has 5 heteroatoms. The van der Waals surface area contributed by atoms with Crippen molar-refractivity contribution in [3.63, 3.8) is 0 Å². The van der Waals surface area contributed by atoms with Gasteiger partial charge in [0.1, 0.15) is 10.4 Å². The maximum Gasteiger partial charge on any atom is 0.225 e. The van der Waals surface area contributed by atoms with E-state index >= 15 is 0 Å². The number of nitrogen functional groups attached to an aromatic ring is 1. The highest BCUT2D eigenvalue weighted by atomic mass is 79.9. The minimum Gasteiger partial charge on any atom is -0.383 e. The lowest BCUT2D eigenvalue weighted by atomic mass is 10.1. The van der Waals surface area contributed by atoms with Crippen molar-refractivity contribution in [2.75, 3.05) is 11.1 Å². The first-order valence-electron chi connectivity index (χ1n) is 5.68. The fourth-order valence-electron chi connectivity index (χ4n) is 1.49. The van der Waals surface area contributed by atoms with Gasteiger partial charge in [-0.05, 0) is 29.3 Å². The average molecular weight is 287 g/mol. The van der Waals surface area contributed by atoms with Crippen LogP contribution in [0.15, 0.2) is 10.7 Å². The lowest BCUT2D eigenvalue weighted by molar-refractivity contribution is 0.612. The van der Waals surface area contributed by atoms with Gasteiger partial charge in [-0.25, -0.2) is 4.98 Å². The Morgan fingerprint density at radius 3 is 2.81 bits per heavy atom. The molecule has 0 aromatic carbocycles. The molecule has 1 heterocycles. The van der Waals surface area contributed by atoms with Crippen LogP contribution < -0.4 is 11.1 Å². The molecule has 0 amide bonds. The minimum absolute atomic E-state index is 0.375. The Morgan fingerprint density at radius 1 is 1.44 bits per heavy atom. The van der Waals surface area contributed by atoms with Crippen LogP contribution in [0.1, 0.15) is 39.5 Å². The van der Waals surface area contributed by atoms with Gasteiger partial charge in [0.25, 0.3) is 0 Å². The summed E-state index contributed by atoms with van der Waals surface area (Å²) in [5, 5.41) is 3.25. The molecule has 1 atom stereocenters. The first-order valence-corrected chi connectivity index (χ1v) is 6.47. The van der Waals surface area contributed by atoms with E-state index in [1.807, 2.05) is 0 Å². The predicted molar refractivity (Wildman–Crippen MR) is 71.4 cm³/mol. The van der Waals surface area contributed by atoms with Crippen LogP contribution in [0.3, 0.4) is 0 Å². The van der Waals surface area contributed by atoms with Gasteiger partial charge < -0.3 is 11.1 Å². The highest BCUT2D eigenvalue weighted by Gasteiger charge is 2.05. The average Bonchev–Trinajstić information content (AvgIpc) is 2.16. The summed E-state index contributed by atoms with van der Waals surface area (Å²) >= 11 is 3.30. The van der Waals surface area contributed by atoms with Gasteiger partial charge in [0.05, 0.1) is 0 Å². The van der Waals surface area contributed by atoms with Crippen LogP contribution in [0.5, 0.6) is 0 Å². The quantitative estimate of drug-likeness (QED) is 0.623. The third-order valence-corrected chi connectivity index (χ3v) is 2.74. The van der Waals surface area contributed by atoms with Crippen LogP contribution >= 0.6 is 15.9 Å². The lowest BCUT2D eigenvalue weighted by Crippen LogP contribution is -2.17. The molecule has 1 unspecified atom stereocenters. The summed E-state index contributed by atoms with van der Waals surface area (Å²) < 4.78 is 0.711. The van der Waals surface area contributed by atoms with E-state index < -0.39 is 0 Å². The Kier molecular flexibility index (Phi) is 5.52. The van der Waals surface area contributed by atoms with Crippen LogP contribution in [0.4, 0.5) is 11.8 Å². The van der Waals surface area contributed by atoms with Gasteiger partial charge in [-0.15, -0.1) is 0 Å². The van der Waals surface area contributed by atoms with Gasteiger partial charge in [-0.1, -0.05) is 26.2 Å². The highest BCUT2D eigenvalue weighted by molar-refractivity contribution is 9.10. The van der Waals surface area contributed by atoms with Crippen LogP contribution in [-0.4, -0.2) is 16.0 Å². The van der Waals surface area contributed by atoms with Crippen molar-refractivity contribution >= 4 is 27.7 Å². The van der Waals surface area contributed by atoms with Gasteiger partial charge in [0.2, 0.25) is 5.95 Å². The number of hydrogen-bond donors (Lipinski definition) is 2. The molecule has 90 valence electrons. The number of hydrogen-bond acceptors (Lipinski definition) is 4. The van der Waals surface area contributed by atoms with Crippen molar-refractivity contribution in [1.29, 1.82) is 0 Å². The summed E-state index contributed by atoms with van der Waals surface area (Å²) in [5.74, 6) is 1.07. The van der Waals surface area contributed by atoms with Crippen LogP contribution in [0.2, 0.25) is 0 Å². The molecule has 0 aliphatic heterocycles. The van der Waals surface area contributed by atoms with E-state index in [1.54, 1.807) is 6.07 Å². The molecule has 0 bridgehead atoms. The Hall–Kier alpha value is -0.840. The van der Waals surface area contributed by atoms with Crippen LogP contribution in [0, 0.1) is 0 Å². The van der Waals surface area contributed by atoms with Crippen LogP contribution in [0.25, 0.3) is 0 Å². The number of rotatable bonds is 6. The van der Waals surface area contributed by atoms with E-state index in [9.17, 15) is 0 Å². The Labute approximate surface area is 105 Å². The van der Waals surface area contributed by atoms with E-state index in [0.717, 1.165) is 6.42 Å². The Balaban J connectivity index is 2.45. The molecule has 16 heavy (non-hydrogen) atoms. The summed E-state index contributed by atoms with van der Waals surface area (Å²) in [6.45, 7) is 4.34. The number of aromatic nitrogens is 2. The zero-order valence-electron chi connectivity index (χ0n) is 9.83. The van der Waals surface area contributed by atoms with Gasteiger partial charge in [-0.3, -0.25) is 0 Å². The molecule has 0 fully saturated rings. The van der Waals surface area contributed by atoms with Crippen molar-refractivity contribution < 1.29 is 0 Å². The molecule has 0 spiro atoms. The summed E-state index contributed by atoms with van der Waals surface area (Å²) in [4.78, 5) is 8.34. The molecule has 4 nitrogen and oxygen atoms in total. The second kappa shape index (κ2) is 6.68. The molecule has 0 saturated heterocycles. The molecule has 1 aromatic heterocycles. The molecular formula is C11H19BrN4. The summed E-state index contributed by atoms with van der Waals surface area (Å²) in [6.07, 6.45) is 4.87. The first kappa shape index (κ1) is 13.2. The number of unbranched alkanes of at least 4 members (excludes halogenated alkanes) is 2.